The molecule has 0 aliphatic rings. The van der Waals surface area contributed by atoms with Gasteiger partial charge in [-0.25, -0.2) is 4.68 Å². The second-order valence-electron chi connectivity index (χ2n) is 9.81. The normalized spacial score (nSPS) is 10.8. The lowest BCUT2D eigenvalue weighted by molar-refractivity contribution is -0.114. The Bertz CT molecular complexity index is 1930. The number of benzene rings is 4. The van der Waals surface area contributed by atoms with Crippen LogP contribution in [0.25, 0.3) is 28.3 Å². The number of ether oxygens (including phenoxy) is 1. The molecule has 1 N–H and O–H groups in total. The number of anilines is 1. The van der Waals surface area contributed by atoms with Gasteiger partial charge < -0.3 is 14.5 Å². The van der Waals surface area contributed by atoms with Crippen LogP contribution in [0.5, 0.6) is 5.75 Å². The second-order valence-corrected chi connectivity index (χ2v) is 9.81. The van der Waals surface area contributed by atoms with E-state index in [1.54, 1.807) is 42.6 Å². The average Bonchev–Trinajstić information content (AvgIpc) is 3.72. The van der Waals surface area contributed by atoms with Gasteiger partial charge in [0.2, 0.25) is 17.6 Å². The Kier molecular flexibility index (Phi) is 7.87. The Hall–Kier alpha value is -6.16. The first-order valence-electron chi connectivity index (χ1n) is 13.7. The highest BCUT2D eigenvalue weighted by atomic mass is 16.5. The lowest BCUT2D eigenvalue weighted by atomic mass is 10.00. The fourth-order valence-corrected chi connectivity index (χ4v) is 4.53. The molecule has 0 aliphatic heterocycles. The molecule has 0 spiro atoms. The first kappa shape index (κ1) is 28.0. The summed E-state index contributed by atoms with van der Waals surface area (Å²) in [4.78, 5) is 36.0. The monoisotopic (exact) mass is 583 g/mol. The minimum absolute atomic E-state index is 0.0937. The summed E-state index contributed by atoms with van der Waals surface area (Å²) < 4.78 is 13.0. The zero-order valence-corrected chi connectivity index (χ0v) is 23.5. The highest BCUT2D eigenvalue weighted by molar-refractivity contribution is 6.11. The van der Waals surface area contributed by atoms with E-state index in [-0.39, 0.29) is 29.6 Å². The molecule has 0 aliphatic carbocycles. The maximum Gasteiger partial charge on any atom is 0.254 e. The molecule has 0 unspecified atom stereocenters. The van der Waals surface area contributed by atoms with Crippen molar-refractivity contribution < 1.29 is 23.5 Å². The van der Waals surface area contributed by atoms with Crippen LogP contribution in [-0.2, 0) is 11.4 Å². The van der Waals surface area contributed by atoms with Crippen LogP contribution in [0.1, 0.15) is 39.2 Å². The molecule has 0 fully saturated rings. The highest BCUT2D eigenvalue weighted by Crippen LogP contribution is 2.26. The van der Waals surface area contributed by atoms with Gasteiger partial charge in [-0.15, -0.1) is 10.2 Å². The summed E-state index contributed by atoms with van der Waals surface area (Å²) >= 11 is 0. The summed E-state index contributed by atoms with van der Waals surface area (Å²) in [5, 5.41) is 15.3. The number of carbonyl (C=O) groups excluding carboxylic acids is 3. The van der Waals surface area contributed by atoms with E-state index < -0.39 is 0 Å². The van der Waals surface area contributed by atoms with Crippen LogP contribution < -0.4 is 10.1 Å². The van der Waals surface area contributed by atoms with Gasteiger partial charge in [0.1, 0.15) is 11.4 Å². The highest BCUT2D eigenvalue weighted by Gasteiger charge is 2.19. The molecule has 2 aromatic heterocycles. The molecule has 6 rings (SSSR count). The summed E-state index contributed by atoms with van der Waals surface area (Å²) in [7, 11) is 0. The molecule has 44 heavy (non-hydrogen) atoms. The Morgan fingerprint density at radius 2 is 1.50 bits per heavy atom. The van der Waals surface area contributed by atoms with Crippen LogP contribution in [-0.4, -0.2) is 38.0 Å². The van der Waals surface area contributed by atoms with E-state index in [4.69, 9.17) is 9.15 Å². The van der Waals surface area contributed by atoms with Crippen molar-refractivity contribution in [3.8, 4) is 34.0 Å². The number of aldehydes is 1. The summed E-state index contributed by atoms with van der Waals surface area (Å²) in [5.41, 5.74) is 4.77. The van der Waals surface area contributed by atoms with Crippen LogP contribution in [0.4, 0.5) is 5.69 Å². The molecule has 4 aromatic carbocycles. The number of amides is 1. The number of aromatic nitrogens is 4. The van der Waals surface area contributed by atoms with E-state index in [1.807, 2.05) is 66.7 Å². The predicted molar refractivity (Wildman–Crippen MR) is 163 cm³/mol. The van der Waals surface area contributed by atoms with E-state index in [1.165, 1.54) is 11.6 Å². The summed E-state index contributed by atoms with van der Waals surface area (Å²) in [6.07, 6.45) is 2.20. The summed E-state index contributed by atoms with van der Waals surface area (Å²) in [6.45, 7) is 1.54. The first-order valence-corrected chi connectivity index (χ1v) is 13.7. The van der Waals surface area contributed by atoms with Crippen LogP contribution in [0, 0.1) is 0 Å². The van der Waals surface area contributed by atoms with E-state index >= 15 is 0 Å². The number of hydrogen-bond acceptors (Lipinski definition) is 8. The SMILES string of the molecule is CC(=O)Nc1ccc(OCc2nnc(-c3ccc(-c4ccc(C(=O)c5nn(-c6ccccc6)cc5C=O)cc4)cc3)o2)cc1. The van der Waals surface area contributed by atoms with Crippen LogP contribution in [0.2, 0.25) is 0 Å². The standard InChI is InChI=1S/C34H25N5O5/c1-22(41)35-28-15-17-30(18-16-28)43-21-31-36-37-34(44-31)26-13-9-24(10-14-26)23-7-11-25(12-8-23)33(42)32-27(20-40)19-39(38-32)29-5-3-2-4-6-29/h2-20H,21H2,1H3,(H,35,41). The predicted octanol–water partition coefficient (Wildman–Crippen LogP) is 6.17. The van der Waals surface area contributed by atoms with Crippen molar-refractivity contribution in [3.05, 3.63) is 132 Å². The lowest BCUT2D eigenvalue weighted by Gasteiger charge is -2.05. The molecule has 6 aromatic rings. The maximum atomic E-state index is 13.2. The van der Waals surface area contributed by atoms with Crippen molar-refractivity contribution in [2.45, 2.75) is 13.5 Å². The fourth-order valence-electron chi connectivity index (χ4n) is 4.53. The molecule has 10 nitrogen and oxygen atoms in total. The number of hydrogen-bond donors (Lipinski definition) is 1. The van der Waals surface area contributed by atoms with Gasteiger partial charge in [-0.3, -0.25) is 14.4 Å². The van der Waals surface area contributed by atoms with E-state index in [0.29, 0.717) is 35.1 Å². The number of carbonyl (C=O) groups is 3. The molecule has 2 heterocycles. The Balaban J connectivity index is 1.10. The number of nitrogens with zero attached hydrogens (tertiary/aromatic N) is 4. The van der Waals surface area contributed by atoms with E-state index in [0.717, 1.165) is 22.4 Å². The Labute approximate surface area is 251 Å². The van der Waals surface area contributed by atoms with Gasteiger partial charge in [-0.05, 0) is 59.7 Å². The molecule has 0 saturated heterocycles. The van der Waals surface area contributed by atoms with Crippen LogP contribution in [0.3, 0.4) is 0 Å². The zero-order valence-electron chi connectivity index (χ0n) is 23.5. The quantitative estimate of drug-likeness (QED) is 0.150. The summed E-state index contributed by atoms with van der Waals surface area (Å²) in [6, 6.07) is 31.0. The Morgan fingerprint density at radius 3 is 2.16 bits per heavy atom. The van der Waals surface area contributed by atoms with Crippen molar-refractivity contribution in [1.29, 1.82) is 0 Å². The van der Waals surface area contributed by atoms with Crippen molar-refractivity contribution in [2.75, 3.05) is 5.32 Å². The first-order chi connectivity index (χ1) is 21.5. The van der Waals surface area contributed by atoms with Gasteiger partial charge in [-0.1, -0.05) is 54.6 Å². The topological polar surface area (TPSA) is 129 Å². The molecule has 0 bridgehead atoms. The third-order valence-corrected chi connectivity index (χ3v) is 6.72. The van der Waals surface area contributed by atoms with Gasteiger partial charge in [0.25, 0.3) is 5.89 Å². The molecule has 0 radical (unpaired) electrons. The van der Waals surface area contributed by atoms with Crippen molar-refractivity contribution >= 4 is 23.7 Å². The fraction of sp³-hybridized carbons (Fsp3) is 0.0588. The van der Waals surface area contributed by atoms with Crippen LogP contribution >= 0.6 is 0 Å². The number of ketones is 1. The minimum atomic E-state index is -0.332. The Morgan fingerprint density at radius 1 is 0.841 bits per heavy atom. The van der Waals surface area contributed by atoms with E-state index in [9.17, 15) is 14.4 Å². The third kappa shape index (κ3) is 6.19. The number of nitrogens with one attached hydrogen (secondary N) is 1. The largest absolute Gasteiger partial charge is 0.484 e. The van der Waals surface area contributed by atoms with Crippen molar-refractivity contribution in [2.24, 2.45) is 0 Å². The minimum Gasteiger partial charge on any atom is -0.484 e. The van der Waals surface area contributed by atoms with Gasteiger partial charge in [0, 0.05) is 29.9 Å². The van der Waals surface area contributed by atoms with Gasteiger partial charge in [-0.2, -0.15) is 5.10 Å². The molecule has 1 amide bonds. The van der Waals surface area contributed by atoms with Gasteiger partial charge >= 0.3 is 0 Å². The average molecular weight is 584 g/mol. The molecular weight excluding hydrogens is 558 g/mol. The molecule has 216 valence electrons. The van der Waals surface area contributed by atoms with Crippen molar-refractivity contribution in [3.63, 3.8) is 0 Å². The second kappa shape index (κ2) is 12.4. The molecule has 10 heteroatoms. The van der Waals surface area contributed by atoms with Crippen molar-refractivity contribution in [1.82, 2.24) is 20.0 Å². The maximum absolute atomic E-state index is 13.2. The lowest BCUT2D eigenvalue weighted by Crippen LogP contribution is -2.06. The molecule has 0 saturated carbocycles. The van der Waals surface area contributed by atoms with Gasteiger partial charge in [0.15, 0.2) is 12.9 Å². The van der Waals surface area contributed by atoms with E-state index in [2.05, 4.69) is 20.6 Å². The third-order valence-electron chi connectivity index (χ3n) is 6.72. The zero-order chi connectivity index (χ0) is 30.5. The molecule has 0 atom stereocenters. The van der Waals surface area contributed by atoms with Gasteiger partial charge in [0.05, 0.1) is 11.3 Å². The smallest absolute Gasteiger partial charge is 0.254 e. The van der Waals surface area contributed by atoms with Crippen LogP contribution in [0.15, 0.2) is 114 Å². The number of para-hydroxylation sites is 1. The number of rotatable bonds is 10. The summed E-state index contributed by atoms with van der Waals surface area (Å²) in [5.74, 6) is 0.803. The molecular formula is C34H25N5O5.